The third-order valence-electron chi connectivity index (χ3n) is 1.46. The van der Waals surface area contributed by atoms with Crippen LogP contribution in [0.5, 0.6) is 0 Å². The van der Waals surface area contributed by atoms with Crippen molar-refractivity contribution in [2.45, 2.75) is 6.92 Å². The zero-order valence-corrected chi connectivity index (χ0v) is 8.54. The fourth-order valence-corrected chi connectivity index (χ4v) is 1.29. The third-order valence-corrected chi connectivity index (χ3v) is 2.52. The number of carbonyl (C=O) groups is 1. The molecule has 0 aliphatic heterocycles. The minimum atomic E-state index is -0.784. The van der Waals surface area contributed by atoms with Gasteiger partial charge in [-0.25, -0.2) is 4.39 Å². The molecule has 0 saturated heterocycles. The van der Waals surface area contributed by atoms with Gasteiger partial charge in [-0.2, -0.15) is 0 Å². The molecular formula is C8H5BrClFO. The van der Waals surface area contributed by atoms with E-state index in [1.54, 1.807) is 6.92 Å². The molecule has 0 unspecified atom stereocenters. The van der Waals surface area contributed by atoms with Gasteiger partial charge in [0.2, 0.25) is 0 Å². The normalized spacial score (nSPS) is 10.0. The molecule has 0 saturated carbocycles. The van der Waals surface area contributed by atoms with E-state index < -0.39 is 11.1 Å². The molecule has 0 amide bonds. The summed E-state index contributed by atoms with van der Waals surface area (Å²) in [5, 5.41) is -0.784. The van der Waals surface area contributed by atoms with Crippen LogP contribution in [-0.4, -0.2) is 5.24 Å². The fraction of sp³-hybridized carbons (Fsp3) is 0.125. The van der Waals surface area contributed by atoms with Crippen LogP contribution in [0.1, 0.15) is 15.9 Å². The van der Waals surface area contributed by atoms with Crippen LogP contribution in [0, 0.1) is 12.7 Å². The zero-order chi connectivity index (χ0) is 9.30. The number of benzene rings is 1. The lowest BCUT2D eigenvalue weighted by Crippen LogP contribution is -1.95. The van der Waals surface area contributed by atoms with Gasteiger partial charge < -0.3 is 0 Å². The van der Waals surface area contributed by atoms with Gasteiger partial charge in [0.1, 0.15) is 5.82 Å². The van der Waals surface area contributed by atoms with E-state index >= 15 is 0 Å². The maximum Gasteiger partial charge on any atom is 0.255 e. The monoisotopic (exact) mass is 250 g/mol. The number of carbonyl (C=O) groups excluding carboxylic acids is 1. The van der Waals surface area contributed by atoms with E-state index in [1.165, 1.54) is 12.1 Å². The molecule has 64 valence electrons. The first-order valence-electron chi connectivity index (χ1n) is 3.18. The molecule has 0 bridgehead atoms. The maximum absolute atomic E-state index is 13.0. The summed E-state index contributed by atoms with van der Waals surface area (Å²) in [6.45, 7) is 1.73. The first kappa shape index (κ1) is 9.68. The van der Waals surface area contributed by atoms with Crippen LogP contribution in [0.4, 0.5) is 4.39 Å². The number of aryl methyl sites for hydroxylation is 1. The molecule has 0 heterocycles. The van der Waals surface area contributed by atoms with E-state index in [-0.39, 0.29) is 5.56 Å². The van der Waals surface area contributed by atoms with Crippen LogP contribution < -0.4 is 0 Å². The molecule has 1 rings (SSSR count). The minimum Gasteiger partial charge on any atom is -0.275 e. The van der Waals surface area contributed by atoms with Crippen molar-refractivity contribution in [2.24, 2.45) is 0 Å². The highest BCUT2D eigenvalue weighted by atomic mass is 79.9. The molecule has 1 aromatic carbocycles. The highest BCUT2D eigenvalue weighted by Gasteiger charge is 2.10. The molecule has 0 aliphatic carbocycles. The quantitative estimate of drug-likeness (QED) is 0.700. The van der Waals surface area contributed by atoms with Crippen LogP contribution in [0.25, 0.3) is 0 Å². The van der Waals surface area contributed by atoms with E-state index in [0.717, 1.165) is 5.56 Å². The van der Waals surface area contributed by atoms with Gasteiger partial charge in [-0.1, -0.05) is 15.9 Å². The Bertz CT molecular complexity index is 338. The SMILES string of the molecule is Cc1cc(F)c(C(=O)Cl)cc1Br. The van der Waals surface area contributed by atoms with Crippen LogP contribution in [0.3, 0.4) is 0 Å². The standard InChI is InChI=1S/C8H5BrClFO/c1-4-2-7(11)5(8(10)12)3-6(4)9/h2-3H,1H3. The molecule has 0 fully saturated rings. The van der Waals surface area contributed by atoms with Gasteiger partial charge in [-0.05, 0) is 36.2 Å². The lowest BCUT2D eigenvalue weighted by molar-refractivity contribution is 0.107. The Balaban J connectivity index is 3.33. The van der Waals surface area contributed by atoms with Crippen LogP contribution in [-0.2, 0) is 0 Å². The van der Waals surface area contributed by atoms with Crippen molar-refractivity contribution in [3.05, 3.63) is 33.5 Å². The highest BCUT2D eigenvalue weighted by molar-refractivity contribution is 9.10. The first-order chi connectivity index (χ1) is 5.52. The first-order valence-corrected chi connectivity index (χ1v) is 4.35. The Morgan fingerprint density at radius 1 is 1.58 bits per heavy atom. The molecule has 0 aliphatic rings. The lowest BCUT2D eigenvalue weighted by Gasteiger charge is -2.01. The molecule has 0 radical (unpaired) electrons. The van der Waals surface area contributed by atoms with Gasteiger partial charge in [0, 0.05) is 4.47 Å². The van der Waals surface area contributed by atoms with Crippen molar-refractivity contribution in [1.29, 1.82) is 0 Å². The van der Waals surface area contributed by atoms with Crippen molar-refractivity contribution < 1.29 is 9.18 Å². The number of rotatable bonds is 1. The summed E-state index contributed by atoms with van der Waals surface area (Å²) in [4.78, 5) is 10.6. The van der Waals surface area contributed by atoms with E-state index in [2.05, 4.69) is 15.9 Å². The summed E-state index contributed by atoms with van der Waals surface area (Å²) in [5.74, 6) is -0.587. The second-order valence-electron chi connectivity index (χ2n) is 2.35. The second-order valence-corrected chi connectivity index (χ2v) is 3.55. The predicted octanol–water partition coefficient (Wildman–Crippen LogP) is 3.28. The summed E-state index contributed by atoms with van der Waals surface area (Å²) >= 11 is 8.30. The van der Waals surface area contributed by atoms with Gasteiger partial charge in [-0.15, -0.1) is 0 Å². The fourth-order valence-electron chi connectivity index (χ4n) is 0.797. The van der Waals surface area contributed by atoms with Gasteiger partial charge in [0.25, 0.3) is 5.24 Å². The summed E-state index contributed by atoms with van der Waals surface area (Å²) in [6.07, 6.45) is 0. The molecule has 0 spiro atoms. The molecule has 0 atom stereocenters. The van der Waals surface area contributed by atoms with Crippen molar-refractivity contribution in [1.82, 2.24) is 0 Å². The van der Waals surface area contributed by atoms with Gasteiger partial charge >= 0.3 is 0 Å². The predicted molar refractivity (Wildman–Crippen MR) is 49.0 cm³/mol. The summed E-state index contributed by atoms with van der Waals surface area (Å²) in [6, 6.07) is 2.64. The molecule has 0 aromatic heterocycles. The maximum atomic E-state index is 13.0. The summed E-state index contributed by atoms with van der Waals surface area (Å²) in [5.41, 5.74) is 0.628. The number of halogens is 3. The average Bonchev–Trinajstić information content (AvgIpc) is 1.96. The molecular weight excluding hydrogens is 246 g/mol. The summed E-state index contributed by atoms with van der Waals surface area (Å²) < 4.78 is 13.6. The van der Waals surface area contributed by atoms with Gasteiger partial charge in [0.15, 0.2) is 0 Å². The van der Waals surface area contributed by atoms with Crippen molar-refractivity contribution in [3.63, 3.8) is 0 Å². The van der Waals surface area contributed by atoms with Gasteiger partial charge in [0.05, 0.1) is 5.56 Å². The van der Waals surface area contributed by atoms with Crippen LogP contribution >= 0.6 is 27.5 Å². The summed E-state index contributed by atoms with van der Waals surface area (Å²) in [7, 11) is 0. The Morgan fingerprint density at radius 3 is 2.67 bits per heavy atom. The Kier molecular flexibility index (Phi) is 2.85. The van der Waals surface area contributed by atoms with E-state index in [9.17, 15) is 9.18 Å². The number of hydrogen-bond donors (Lipinski definition) is 0. The van der Waals surface area contributed by atoms with Crippen LogP contribution in [0.2, 0.25) is 0 Å². The topological polar surface area (TPSA) is 17.1 Å². The lowest BCUT2D eigenvalue weighted by atomic mass is 10.1. The van der Waals surface area contributed by atoms with Crippen molar-refractivity contribution in [2.75, 3.05) is 0 Å². The van der Waals surface area contributed by atoms with E-state index in [0.29, 0.717) is 4.47 Å². The van der Waals surface area contributed by atoms with E-state index in [4.69, 9.17) is 11.6 Å². The highest BCUT2D eigenvalue weighted by Crippen LogP contribution is 2.21. The average molecular weight is 251 g/mol. The molecule has 0 N–H and O–H groups in total. The largest absolute Gasteiger partial charge is 0.275 e. The van der Waals surface area contributed by atoms with Crippen LogP contribution in [0.15, 0.2) is 16.6 Å². The zero-order valence-electron chi connectivity index (χ0n) is 6.20. The molecule has 1 aromatic rings. The Labute approximate surface area is 82.7 Å². The Hall–Kier alpha value is -0.410. The minimum absolute atomic E-state index is 0.103. The van der Waals surface area contributed by atoms with Crippen molar-refractivity contribution >= 4 is 32.8 Å². The Morgan fingerprint density at radius 2 is 2.17 bits per heavy atom. The molecule has 12 heavy (non-hydrogen) atoms. The van der Waals surface area contributed by atoms with Gasteiger partial charge in [-0.3, -0.25) is 4.79 Å². The molecule has 4 heteroatoms. The number of hydrogen-bond acceptors (Lipinski definition) is 1. The second kappa shape index (κ2) is 3.54. The van der Waals surface area contributed by atoms with Crippen molar-refractivity contribution in [3.8, 4) is 0 Å². The third kappa shape index (κ3) is 1.84. The molecule has 1 nitrogen and oxygen atoms in total. The smallest absolute Gasteiger partial charge is 0.255 e. The van der Waals surface area contributed by atoms with E-state index in [1.807, 2.05) is 0 Å².